The van der Waals surface area contributed by atoms with Crippen molar-refractivity contribution in [1.82, 2.24) is 5.32 Å². The Bertz CT molecular complexity index is 807. The average Bonchev–Trinajstić information content (AvgIpc) is 2.69. The number of benzene rings is 2. The molecule has 2 rings (SSSR count). The van der Waals surface area contributed by atoms with Crippen LogP contribution in [0.5, 0.6) is 17.2 Å². The minimum atomic E-state index is -0.773. The topological polar surface area (TPSA) is 95.1 Å². The lowest BCUT2D eigenvalue weighted by Gasteiger charge is -2.17. The molecule has 28 heavy (non-hydrogen) atoms. The number of urea groups is 1. The molecule has 8 nitrogen and oxygen atoms in total. The largest absolute Gasteiger partial charge is 0.513 e. The second-order valence-electron chi connectivity index (χ2n) is 5.74. The molecule has 0 saturated carbocycles. The van der Waals surface area contributed by atoms with Crippen LogP contribution in [0.2, 0.25) is 0 Å². The van der Waals surface area contributed by atoms with Crippen molar-refractivity contribution in [2.45, 2.75) is 19.9 Å². The zero-order valence-corrected chi connectivity index (χ0v) is 16.3. The number of hydrogen-bond donors (Lipinski definition) is 2. The molecule has 2 N–H and O–H groups in total. The van der Waals surface area contributed by atoms with Crippen LogP contribution in [0, 0.1) is 0 Å². The molecule has 0 aliphatic heterocycles. The van der Waals surface area contributed by atoms with E-state index in [1.54, 1.807) is 51.5 Å². The third-order valence-electron chi connectivity index (χ3n) is 3.83. The third kappa shape index (κ3) is 5.80. The van der Waals surface area contributed by atoms with Crippen LogP contribution in [-0.2, 0) is 4.74 Å². The first kappa shape index (κ1) is 20.9. The van der Waals surface area contributed by atoms with Crippen molar-refractivity contribution in [3.05, 3.63) is 48.0 Å². The molecule has 0 aromatic heterocycles. The van der Waals surface area contributed by atoms with Gasteiger partial charge in [0.15, 0.2) is 11.5 Å². The summed E-state index contributed by atoms with van der Waals surface area (Å²) in [7, 11) is 3.12. The van der Waals surface area contributed by atoms with E-state index in [9.17, 15) is 9.59 Å². The maximum atomic E-state index is 12.2. The molecule has 0 aliphatic rings. The van der Waals surface area contributed by atoms with Gasteiger partial charge in [-0.15, -0.1) is 0 Å². The number of ether oxygens (including phenoxy) is 4. The number of anilines is 1. The van der Waals surface area contributed by atoms with Gasteiger partial charge in [-0.05, 0) is 55.8 Å². The molecule has 2 amide bonds. The number of nitrogens with one attached hydrogen (secondary N) is 2. The summed E-state index contributed by atoms with van der Waals surface area (Å²) in [5.41, 5.74) is 1.42. The molecule has 150 valence electrons. The van der Waals surface area contributed by atoms with Crippen LogP contribution in [0.1, 0.15) is 25.5 Å². The van der Waals surface area contributed by atoms with Gasteiger partial charge in [0, 0.05) is 5.69 Å². The zero-order chi connectivity index (χ0) is 20.5. The van der Waals surface area contributed by atoms with Crippen LogP contribution < -0.4 is 24.8 Å². The molecule has 1 unspecified atom stereocenters. The first-order chi connectivity index (χ1) is 13.5. The quantitative estimate of drug-likeness (QED) is 0.547. The first-order valence-electron chi connectivity index (χ1n) is 8.71. The number of rotatable bonds is 7. The fraction of sp³-hybridized carbons (Fsp3) is 0.300. The van der Waals surface area contributed by atoms with Gasteiger partial charge >= 0.3 is 12.2 Å². The lowest BCUT2D eigenvalue weighted by Crippen LogP contribution is -2.31. The van der Waals surface area contributed by atoms with Crippen LogP contribution in [0.3, 0.4) is 0 Å². The van der Waals surface area contributed by atoms with Crippen molar-refractivity contribution in [3.8, 4) is 17.2 Å². The molecule has 0 heterocycles. The summed E-state index contributed by atoms with van der Waals surface area (Å²) >= 11 is 0. The van der Waals surface area contributed by atoms with E-state index in [1.165, 1.54) is 0 Å². The van der Waals surface area contributed by atoms with Crippen LogP contribution in [0.4, 0.5) is 15.3 Å². The van der Waals surface area contributed by atoms with E-state index in [-0.39, 0.29) is 18.7 Å². The zero-order valence-electron chi connectivity index (χ0n) is 16.3. The fourth-order valence-electron chi connectivity index (χ4n) is 2.42. The van der Waals surface area contributed by atoms with Gasteiger partial charge in [-0.1, -0.05) is 6.07 Å². The van der Waals surface area contributed by atoms with E-state index in [4.69, 9.17) is 18.9 Å². The molecule has 2 aromatic carbocycles. The lowest BCUT2D eigenvalue weighted by molar-refractivity contribution is 0.104. The highest BCUT2D eigenvalue weighted by Crippen LogP contribution is 2.29. The minimum absolute atomic E-state index is 0.233. The molecule has 0 fully saturated rings. The molecule has 0 saturated heterocycles. The highest BCUT2D eigenvalue weighted by atomic mass is 16.7. The number of carbonyl (C=O) groups is 2. The van der Waals surface area contributed by atoms with Gasteiger partial charge in [-0.2, -0.15) is 0 Å². The molecule has 1 atom stereocenters. The van der Waals surface area contributed by atoms with E-state index in [0.717, 1.165) is 5.56 Å². The van der Waals surface area contributed by atoms with Crippen molar-refractivity contribution < 1.29 is 28.5 Å². The number of methoxy groups -OCH3 is 2. The Morgan fingerprint density at radius 3 is 2.29 bits per heavy atom. The normalized spacial score (nSPS) is 11.1. The fourth-order valence-corrected chi connectivity index (χ4v) is 2.42. The van der Waals surface area contributed by atoms with E-state index < -0.39 is 6.16 Å². The Morgan fingerprint density at radius 2 is 1.68 bits per heavy atom. The number of carbonyl (C=O) groups excluding carboxylic acids is 2. The lowest BCUT2D eigenvalue weighted by atomic mass is 10.1. The summed E-state index contributed by atoms with van der Waals surface area (Å²) in [4.78, 5) is 23.5. The Labute approximate surface area is 163 Å². The van der Waals surface area contributed by atoms with Crippen molar-refractivity contribution in [2.75, 3.05) is 26.1 Å². The first-order valence-corrected chi connectivity index (χ1v) is 8.71. The molecule has 0 aliphatic carbocycles. The van der Waals surface area contributed by atoms with Crippen molar-refractivity contribution in [3.63, 3.8) is 0 Å². The maximum Gasteiger partial charge on any atom is 0.513 e. The third-order valence-corrected chi connectivity index (χ3v) is 3.83. The second-order valence-corrected chi connectivity index (χ2v) is 5.74. The molecular weight excluding hydrogens is 364 g/mol. The summed E-state index contributed by atoms with van der Waals surface area (Å²) < 4.78 is 20.2. The van der Waals surface area contributed by atoms with Gasteiger partial charge in [-0.3, -0.25) is 0 Å². The summed E-state index contributed by atoms with van der Waals surface area (Å²) in [6, 6.07) is 11.2. The molecule has 2 aromatic rings. The van der Waals surface area contributed by atoms with Crippen LogP contribution >= 0.6 is 0 Å². The Morgan fingerprint density at radius 1 is 1.00 bits per heavy atom. The smallest absolute Gasteiger partial charge is 0.493 e. The Balaban J connectivity index is 1.93. The Kier molecular flexibility index (Phi) is 7.50. The van der Waals surface area contributed by atoms with Gasteiger partial charge in [0.05, 0.1) is 26.9 Å². The van der Waals surface area contributed by atoms with Gasteiger partial charge in [0.2, 0.25) is 0 Å². The number of amides is 2. The monoisotopic (exact) mass is 388 g/mol. The molecule has 0 bridgehead atoms. The van der Waals surface area contributed by atoms with Crippen LogP contribution in [-0.4, -0.2) is 33.0 Å². The minimum Gasteiger partial charge on any atom is -0.493 e. The molecular formula is C20H24N2O6. The van der Waals surface area contributed by atoms with Gasteiger partial charge in [0.1, 0.15) is 5.75 Å². The highest BCUT2D eigenvalue weighted by Gasteiger charge is 2.13. The second kappa shape index (κ2) is 10.1. The van der Waals surface area contributed by atoms with E-state index in [1.807, 2.05) is 19.1 Å². The molecule has 8 heteroatoms. The van der Waals surface area contributed by atoms with E-state index >= 15 is 0 Å². The predicted octanol–water partition coefficient (Wildman–Crippen LogP) is 4.12. The summed E-state index contributed by atoms with van der Waals surface area (Å²) in [5, 5.41) is 5.57. The van der Waals surface area contributed by atoms with Crippen LogP contribution in [0.15, 0.2) is 42.5 Å². The summed E-state index contributed by atoms with van der Waals surface area (Å²) in [6.45, 7) is 3.78. The summed E-state index contributed by atoms with van der Waals surface area (Å²) in [5.74, 6) is 1.53. The highest BCUT2D eigenvalue weighted by molar-refractivity contribution is 5.89. The number of hydrogen-bond acceptors (Lipinski definition) is 6. The van der Waals surface area contributed by atoms with Gasteiger partial charge in [-0.25, -0.2) is 9.59 Å². The predicted molar refractivity (Wildman–Crippen MR) is 104 cm³/mol. The van der Waals surface area contributed by atoms with Crippen LogP contribution in [0.25, 0.3) is 0 Å². The van der Waals surface area contributed by atoms with Crippen molar-refractivity contribution >= 4 is 17.9 Å². The SMILES string of the molecule is CCOC(=O)Oc1ccc(NC(=O)NC(C)c2ccc(OC)c(OC)c2)cc1. The maximum absolute atomic E-state index is 12.2. The standard InChI is InChI=1S/C20H24N2O6/c1-5-27-20(24)28-16-9-7-15(8-10-16)22-19(23)21-13(2)14-6-11-17(25-3)18(12-14)26-4/h6-13H,5H2,1-4H3,(H2,21,22,23). The van der Waals surface area contributed by atoms with E-state index in [0.29, 0.717) is 22.9 Å². The summed E-state index contributed by atoms with van der Waals surface area (Å²) in [6.07, 6.45) is -0.773. The Hall–Kier alpha value is -3.42. The molecule has 0 spiro atoms. The van der Waals surface area contributed by atoms with Gasteiger partial charge in [0.25, 0.3) is 0 Å². The van der Waals surface area contributed by atoms with E-state index in [2.05, 4.69) is 10.6 Å². The molecule has 0 radical (unpaired) electrons. The van der Waals surface area contributed by atoms with Crippen molar-refractivity contribution in [2.24, 2.45) is 0 Å². The average molecular weight is 388 g/mol. The van der Waals surface area contributed by atoms with Crippen molar-refractivity contribution in [1.29, 1.82) is 0 Å². The van der Waals surface area contributed by atoms with Gasteiger partial charge < -0.3 is 29.6 Å².